The van der Waals surface area contributed by atoms with Crippen LogP contribution in [0.25, 0.3) is 0 Å². The van der Waals surface area contributed by atoms with E-state index in [0.29, 0.717) is 6.04 Å². The maximum atomic E-state index is 3.56. The van der Waals surface area contributed by atoms with Crippen molar-refractivity contribution in [3.63, 3.8) is 0 Å². The fourth-order valence-corrected chi connectivity index (χ4v) is 1.52. The van der Waals surface area contributed by atoms with Gasteiger partial charge in [0, 0.05) is 6.04 Å². The lowest BCUT2D eigenvalue weighted by molar-refractivity contribution is -0.00000278. The van der Waals surface area contributed by atoms with Gasteiger partial charge >= 0.3 is 0 Å². The third-order valence-electron chi connectivity index (χ3n) is 2.71. The summed E-state index contributed by atoms with van der Waals surface area (Å²) in [5.74, 6) is 0.964. The average Bonchev–Trinajstić information content (AvgIpc) is 2.99. The zero-order valence-electron chi connectivity index (χ0n) is 8.54. The van der Waals surface area contributed by atoms with Crippen LogP contribution < -0.4 is 17.7 Å². The zero-order chi connectivity index (χ0) is 9.10. The van der Waals surface area contributed by atoms with Crippen molar-refractivity contribution in [1.29, 1.82) is 0 Å². The number of hydrogen-bond donors (Lipinski definition) is 1. The summed E-state index contributed by atoms with van der Waals surface area (Å²) in [7, 11) is 0. The monoisotopic (exact) mass is 210 g/mol. The van der Waals surface area contributed by atoms with Gasteiger partial charge in [-0.15, -0.1) is 0 Å². The Morgan fingerprint density at radius 2 is 1.93 bits per heavy atom. The molecule has 1 fully saturated rings. The van der Waals surface area contributed by atoms with Crippen LogP contribution >= 0.6 is 0 Å². The highest BCUT2D eigenvalue weighted by atomic mass is 35.5. The van der Waals surface area contributed by atoms with E-state index in [1.807, 2.05) is 0 Å². The van der Waals surface area contributed by atoms with Crippen molar-refractivity contribution < 1.29 is 12.4 Å². The third kappa shape index (κ3) is 3.32. The van der Waals surface area contributed by atoms with Crippen molar-refractivity contribution in [1.82, 2.24) is 5.32 Å². The third-order valence-corrected chi connectivity index (χ3v) is 2.71. The maximum Gasteiger partial charge on any atom is 0.0291 e. The average molecular weight is 211 g/mol. The van der Waals surface area contributed by atoms with Crippen LogP contribution in [0.2, 0.25) is 0 Å². The van der Waals surface area contributed by atoms with Crippen molar-refractivity contribution in [2.45, 2.75) is 25.8 Å². The second kappa shape index (κ2) is 5.38. The Morgan fingerprint density at radius 3 is 2.50 bits per heavy atom. The van der Waals surface area contributed by atoms with Crippen LogP contribution in [-0.4, -0.2) is 6.54 Å². The first kappa shape index (κ1) is 11.5. The van der Waals surface area contributed by atoms with Gasteiger partial charge in [0.1, 0.15) is 0 Å². The largest absolute Gasteiger partial charge is 1.00 e. The molecule has 0 aromatic heterocycles. The van der Waals surface area contributed by atoms with E-state index in [4.69, 9.17) is 0 Å². The fourth-order valence-electron chi connectivity index (χ4n) is 1.52. The van der Waals surface area contributed by atoms with Crippen molar-refractivity contribution in [3.8, 4) is 0 Å². The van der Waals surface area contributed by atoms with Gasteiger partial charge in [0.2, 0.25) is 0 Å². The number of benzene rings is 1. The summed E-state index contributed by atoms with van der Waals surface area (Å²) in [5.41, 5.74) is 1.39. The highest BCUT2D eigenvalue weighted by Gasteiger charge is 2.21. The topological polar surface area (TPSA) is 12.0 Å². The zero-order valence-corrected chi connectivity index (χ0v) is 9.30. The summed E-state index contributed by atoms with van der Waals surface area (Å²) < 4.78 is 0. The minimum Gasteiger partial charge on any atom is -1.00 e. The normalized spacial score (nSPS) is 17.2. The molecule has 1 aliphatic carbocycles. The molecule has 0 heterocycles. The SMILES string of the molecule is CC(NCC1CC1)c1ccccc1.[Cl-]. The Hall–Kier alpha value is -0.530. The van der Waals surface area contributed by atoms with Crippen LogP contribution in [0.1, 0.15) is 31.4 Å². The summed E-state index contributed by atoms with van der Waals surface area (Å²) >= 11 is 0. The van der Waals surface area contributed by atoms with Gasteiger partial charge in [-0.1, -0.05) is 30.3 Å². The van der Waals surface area contributed by atoms with E-state index in [-0.39, 0.29) is 12.4 Å². The molecule has 1 aromatic rings. The van der Waals surface area contributed by atoms with Crippen LogP contribution in [0.15, 0.2) is 30.3 Å². The number of halogens is 1. The Labute approximate surface area is 92.3 Å². The molecule has 2 heteroatoms. The highest BCUT2D eigenvalue weighted by molar-refractivity contribution is 5.18. The Kier molecular flexibility index (Phi) is 4.43. The van der Waals surface area contributed by atoms with Gasteiger partial charge in [-0.25, -0.2) is 0 Å². The van der Waals surface area contributed by atoms with Gasteiger partial charge in [0.25, 0.3) is 0 Å². The Morgan fingerprint density at radius 1 is 1.29 bits per heavy atom. The Balaban J connectivity index is 0.000000980. The van der Waals surface area contributed by atoms with Crippen LogP contribution in [0.3, 0.4) is 0 Å². The molecule has 1 N–H and O–H groups in total. The second-order valence-electron chi connectivity index (χ2n) is 3.98. The quantitative estimate of drug-likeness (QED) is 0.723. The van der Waals surface area contributed by atoms with Gasteiger partial charge in [-0.05, 0) is 37.8 Å². The lowest BCUT2D eigenvalue weighted by Gasteiger charge is -2.13. The molecule has 1 saturated carbocycles. The lowest BCUT2D eigenvalue weighted by Crippen LogP contribution is -3.00. The first-order valence-electron chi connectivity index (χ1n) is 5.14. The lowest BCUT2D eigenvalue weighted by atomic mass is 10.1. The molecule has 0 bridgehead atoms. The van der Waals surface area contributed by atoms with E-state index in [2.05, 4.69) is 42.6 Å². The summed E-state index contributed by atoms with van der Waals surface area (Å²) in [6, 6.07) is 11.1. The van der Waals surface area contributed by atoms with Gasteiger partial charge in [0.15, 0.2) is 0 Å². The van der Waals surface area contributed by atoms with Crippen LogP contribution in [0.5, 0.6) is 0 Å². The fraction of sp³-hybridized carbons (Fsp3) is 0.500. The van der Waals surface area contributed by atoms with Crippen LogP contribution in [0.4, 0.5) is 0 Å². The number of hydrogen-bond acceptors (Lipinski definition) is 1. The highest BCUT2D eigenvalue weighted by Crippen LogP contribution is 2.28. The van der Waals surface area contributed by atoms with Crippen LogP contribution in [0, 0.1) is 5.92 Å². The molecule has 1 aliphatic rings. The van der Waals surface area contributed by atoms with Crippen molar-refractivity contribution in [2.75, 3.05) is 6.54 Å². The molecule has 1 atom stereocenters. The van der Waals surface area contributed by atoms with Gasteiger partial charge in [-0.3, -0.25) is 0 Å². The summed E-state index contributed by atoms with van der Waals surface area (Å²) in [6.45, 7) is 3.42. The van der Waals surface area contributed by atoms with E-state index >= 15 is 0 Å². The summed E-state index contributed by atoms with van der Waals surface area (Å²) in [4.78, 5) is 0. The molecule has 0 amide bonds. The van der Waals surface area contributed by atoms with Gasteiger partial charge in [-0.2, -0.15) is 0 Å². The molecule has 0 spiro atoms. The van der Waals surface area contributed by atoms with Gasteiger partial charge < -0.3 is 17.7 Å². The van der Waals surface area contributed by atoms with Crippen molar-refractivity contribution in [3.05, 3.63) is 35.9 Å². The first-order chi connectivity index (χ1) is 6.36. The molecule has 2 rings (SSSR count). The van der Waals surface area contributed by atoms with E-state index in [1.165, 1.54) is 24.9 Å². The van der Waals surface area contributed by atoms with E-state index in [9.17, 15) is 0 Å². The maximum absolute atomic E-state index is 3.56. The van der Waals surface area contributed by atoms with Crippen molar-refractivity contribution in [2.24, 2.45) is 5.92 Å². The molecule has 0 saturated heterocycles. The molecule has 1 aromatic carbocycles. The number of nitrogens with one attached hydrogen (secondary N) is 1. The predicted molar refractivity (Wildman–Crippen MR) is 55.6 cm³/mol. The Bertz CT molecular complexity index is 256. The summed E-state index contributed by atoms with van der Waals surface area (Å²) in [6.07, 6.45) is 2.85. The number of rotatable bonds is 4. The molecule has 1 unspecified atom stereocenters. The predicted octanol–water partition coefficient (Wildman–Crippen LogP) is -0.249. The first-order valence-corrected chi connectivity index (χ1v) is 5.14. The van der Waals surface area contributed by atoms with Gasteiger partial charge in [0.05, 0.1) is 0 Å². The molecule has 78 valence electrons. The smallest absolute Gasteiger partial charge is 0.0291 e. The minimum atomic E-state index is 0. The van der Waals surface area contributed by atoms with E-state index in [1.54, 1.807) is 0 Å². The summed E-state index contributed by atoms with van der Waals surface area (Å²) in [5, 5.41) is 3.56. The van der Waals surface area contributed by atoms with Crippen molar-refractivity contribution >= 4 is 0 Å². The molecule has 14 heavy (non-hydrogen) atoms. The molecule has 0 aliphatic heterocycles. The van der Waals surface area contributed by atoms with E-state index < -0.39 is 0 Å². The molecule has 1 nitrogen and oxygen atoms in total. The standard InChI is InChI=1S/C12H17N.ClH/c1-10(13-9-11-7-8-11)12-5-3-2-4-6-12;/h2-6,10-11,13H,7-9H2,1H3;1H/p-1. The minimum absolute atomic E-state index is 0. The van der Waals surface area contributed by atoms with E-state index in [0.717, 1.165) is 5.92 Å². The van der Waals surface area contributed by atoms with Crippen LogP contribution in [-0.2, 0) is 0 Å². The molecular weight excluding hydrogens is 194 g/mol. The molecule has 0 radical (unpaired) electrons. The second-order valence-corrected chi connectivity index (χ2v) is 3.98. The molecular formula is C12H17ClN-.